The number of sulfonamides is 1. The van der Waals surface area contributed by atoms with Crippen molar-refractivity contribution in [1.82, 2.24) is 4.90 Å². The van der Waals surface area contributed by atoms with Gasteiger partial charge in [0.05, 0.1) is 29.0 Å². The number of rotatable bonds is 9. The minimum absolute atomic E-state index is 0.0391. The first-order valence-corrected chi connectivity index (χ1v) is 12.8. The molecule has 1 saturated carbocycles. The molecule has 0 bridgehead atoms. The number of benzene rings is 2. The van der Waals surface area contributed by atoms with Gasteiger partial charge in [0.15, 0.2) is 5.75 Å². The number of hydrogen-bond acceptors (Lipinski definition) is 6. The Labute approximate surface area is 206 Å². The molecule has 0 aromatic heterocycles. The van der Waals surface area contributed by atoms with Gasteiger partial charge >= 0.3 is 6.16 Å². The van der Waals surface area contributed by atoms with E-state index in [1.807, 2.05) is 13.8 Å². The maximum absolute atomic E-state index is 14.1. The minimum atomic E-state index is -4.39. The van der Waals surface area contributed by atoms with Gasteiger partial charge in [0.2, 0.25) is 5.75 Å². The van der Waals surface area contributed by atoms with Gasteiger partial charge in [-0.1, -0.05) is 32.1 Å². The monoisotopic (exact) mass is 526 g/mol. The lowest BCUT2D eigenvalue weighted by Gasteiger charge is -2.21. The van der Waals surface area contributed by atoms with Crippen LogP contribution in [0.5, 0.6) is 11.5 Å². The van der Waals surface area contributed by atoms with Crippen LogP contribution in [-0.2, 0) is 10.0 Å². The molecule has 12 heteroatoms. The van der Waals surface area contributed by atoms with Crippen molar-refractivity contribution in [3.05, 3.63) is 53.4 Å². The van der Waals surface area contributed by atoms with Crippen LogP contribution >= 0.6 is 0 Å². The van der Waals surface area contributed by atoms with Gasteiger partial charge in [-0.2, -0.15) is 0 Å². The van der Waals surface area contributed by atoms with Crippen LogP contribution in [0.15, 0.2) is 41.3 Å². The third-order valence-electron chi connectivity index (χ3n) is 6.34. The molecule has 4 rings (SSSR count). The van der Waals surface area contributed by atoms with E-state index in [1.165, 1.54) is 12.1 Å². The smallest absolute Gasteiger partial charge is 0.489 e. The van der Waals surface area contributed by atoms with Crippen LogP contribution in [0.3, 0.4) is 0 Å². The second-order valence-corrected chi connectivity index (χ2v) is 10.1. The van der Waals surface area contributed by atoms with Crippen LogP contribution < -0.4 is 14.2 Å². The highest BCUT2D eigenvalue weighted by Crippen LogP contribution is 2.66. The van der Waals surface area contributed by atoms with Gasteiger partial charge in [-0.05, 0) is 42.9 Å². The quantitative estimate of drug-likeness (QED) is 0.358. The number of nitrogens with zero attached hydrogens (tertiary/aromatic N) is 1. The number of halogens is 3. The zero-order valence-electron chi connectivity index (χ0n) is 19.5. The van der Waals surface area contributed by atoms with E-state index in [1.54, 1.807) is 6.08 Å². The number of likely N-dealkylation sites (N-methyl/N-ethyl adjacent to an activating group) is 1. The number of fused-ring (bicyclic) bond motifs is 3. The third kappa shape index (κ3) is 4.87. The summed E-state index contributed by atoms with van der Waals surface area (Å²) in [5.41, 5.74) is -0.205. The third-order valence-corrected chi connectivity index (χ3v) is 7.78. The first-order valence-electron chi connectivity index (χ1n) is 11.3. The summed E-state index contributed by atoms with van der Waals surface area (Å²) in [6.07, 6.45) is 1.41. The minimum Gasteiger partial charge on any atom is -0.489 e. The molecule has 2 aliphatic rings. The number of alkyl halides is 2. The topological polar surface area (TPSA) is 105 Å². The average molecular weight is 527 g/mol. The Kier molecular flexibility index (Phi) is 6.93. The highest BCUT2D eigenvalue weighted by atomic mass is 32.2. The first-order chi connectivity index (χ1) is 17.0. The normalized spacial score (nSPS) is 19.9. The van der Waals surface area contributed by atoms with Crippen LogP contribution in [0, 0.1) is 11.7 Å². The molecule has 0 saturated heterocycles. The summed E-state index contributed by atoms with van der Waals surface area (Å²) in [6, 6.07) is 5.53. The molecule has 2 N–H and O–H groups in total. The van der Waals surface area contributed by atoms with Crippen molar-refractivity contribution < 1.29 is 41.0 Å². The van der Waals surface area contributed by atoms with Crippen LogP contribution in [0.2, 0.25) is 0 Å². The fourth-order valence-corrected chi connectivity index (χ4v) is 5.58. The molecule has 0 amide bonds. The fraction of sp³-hybridized carbons (Fsp3) is 0.375. The van der Waals surface area contributed by atoms with Crippen molar-refractivity contribution >= 4 is 27.9 Å². The summed E-state index contributed by atoms with van der Waals surface area (Å²) < 4.78 is 81.0. The molecule has 0 spiro atoms. The van der Waals surface area contributed by atoms with Gasteiger partial charge < -0.3 is 19.5 Å². The Morgan fingerprint density at radius 3 is 2.67 bits per heavy atom. The predicted molar refractivity (Wildman–Crippen MR) is 126 cm³/mol. The number of nitrogens with one attached hydrogen (secondary N) is 1. The molecule has 1 aliphatic carbocycles. The Morgan fingerprint density at radius 1 is 1.28 bits per heavy atom. The number of carbonyl (C=O) groups is 1. The maximum atomic E-state index is 14.1. The molecule has 2 aromatic rings. The number of ether oxygens (including phenoxy) is 2. The van der Waals surface area contributed by atoms with Gasteiger partial charge in [0, 0.05) is 12.1 Å². The molecule has 36 heavy (non-hydrogen) atoms. The number of hydrogen-bond donors (Lipinski definition) is 2. The van der Waals surface area contributed by atoms with Crippen molar-refractivity contribution in [1.29, 1.82) is 0 Å². The van der Waals surface area contributed by atoms with Gasteiger partial charge in [-0.15, -0.1) is 0 Å². The van der Waals surface area contributed by atoms with E-state index in [0.717, 1.165) is 37.4 Å². The molecule has 2 aromatic carbocycles. The summed E-state index contributed by atoms with van der Waals surface area (Å²) >= 11 is 0. The maximum Gasteiger partial charge on any atom is 0.511 e. The Hall–Kier alpha value is -3.25. The molecule has 8 nitrogen and oxygen atoms in total. The summed E-state index contributed by atoms with van der Waals surface area (Å²) in [4.78, 5) is 13.1. The van der Waals surface area contributed by atoms with Crippen LogP contribution in [0.1, 0.15) is 30.9 Å². The van der Waals surface area contributed by atoms with E-state index in [0.29, 0.717) is 6.54 Å². The molecule has 0 unspecified atom stereocenters. The standard InChI is InChI=1S/C24H25F3N2O6S/c1-3-29(4-2)11-5-6-14-12-15(25)7-10-19(14)36(32,33)28-18-9-8-16-20-17(24(20,26)27)13-34-21(16)22(18)35-23(30)31/h5-10,12,17,20,28H,3-4,11,13H2,1-2H3,(H,30,31)/b6-5-/t17-,20+/m1/s1. The summed E-state index contributed by atoms with van der Waals surface area (Å²) in [5.74, 6) is -6.64. The van der Waals surface area contributed by atoms with Crippen molar-refractivity contribution in [3.63, 3.8) is 0 Å². The highest BCUT2D eigenvalue weighted by molar-refractivity contribution is 7.92. The van der Waals surface area contributed by atoms with Gasteiger partial charge in [0.25, 0.3) is 15.9 Å². The van der Waals surface area contributed by atoms with E-state index in [9.17, 15) is 31.5 Å². The van der Waals surface area contributed by atoms with E-state index in [2.05, 4.69) is 9.62 Å². The lowest BCUT2D eigenvalue weighted by Crippen LogP contribution is -2.22. The van der Waals surface area contributed by atoms with Crippen LogP contribution in [-0.4, -0.2) is 56.7 Å². The zero-order chi connectivity index (χ0) is 26.3. The van der Waals surface area contributed by atoms with E-state index in [4.69, 9.17) is 9.47 Å². The van der Waals surface area contributed by atoms with Gasteiger partial charge in [-0.3, -0.25) is 4.72 Å². The van der Waals surface area contributed by atoms with E-state index >= 15 is 0 Å². The second kappa shape index (κ2) is 9.66. The Balaban J connectivity index is 1.69. The summed E-state index contributed by atoms with van der Waals surface area (Å²) in [6.45, 7) is 5.65. The van der Waals surface area contributed by atoms with Crippen LogP contribution in [0.25, 0.3) is 6.08 Å². The zero-order valence-corrected chi connectivity index (χ0v) is 20.3. The van der Waals surface area contributed by atoms with Crippen molar-refractivity contribution in [2.24, 2.45) is 5.92 Å². The Bertz CT molecular complexity index is 1310. The van der Waals surface area contributed by atoms with Crippen molar-refractivity contribution in [2.45, 2.75) is 30.6 Å². The molecular formula is C24H25F3N2O6S. The second-order valence-electron chi connectivity index (χ2n) is 8.47. The molecule has 2 atom stereocenters. The van der Waals surface area contributed by atoms with Crippen molar-refractivity contribution in [2.75, 3.05) is 31.0 Å². The molecular weight excluding hydrogens is 501 g/mol. The summed E-state index contributed by atoms with van der Waals surface area (Å²) in [7, 11) is -4.39. The lowest BCUT2D eigenvalue weighted by molar-refractivity contribution is 0.0852. The first kappa shape index (κ1) is 25.8. The lowest BCUT2D eigenvalue weighted by atomic mass is 10.0. The van der Waals surface area contributed by atoms with Gasteiger partial charge in [-0.25, -0.2) is 26.4 Å². The van der Waals surface area contributed by atoms with Crippen LogP contribution in [0.4, 0.5) is 23.7 Å². The molecule has 194 valence electrons. The highest BCUT2D eigenvalue weighted by Gasteiger charge is 2.71. The molecule has 1 fully saturated rings. The van der Waals surface area contributed by atoms with Gasteiger partial charge in [0.1, 0.15) is 5.82 Å². The Morgan fingerprint density at radius 2 is 2.00 bits per heavy atom. The summed E-state index contributed by atoms with van der Waals surface area (Å²) in [5, 5.41) is 9.19. The SMILES string of the molecule is CCN(CC)C/C=C\c1cc(F)ccc1S(=O)(=O)Nc1ccc2c(c1OC(=O)O)OC[C@@H]1[C@H]2C1(F)F. The van der Waals surface area contributed by atoms with E-state index < -0.39 is 45.5 Å². The average Bonchev–Trinajstić information content (AvgIpc) is 3.38. The van der Waals surface area contributed by atoms with E-state index in [-0.39, 0.29) is 34.1 Å². The number of carboxylic acid groups (broad SMARTS) is 1. The largest absolute Gasteiger partial charge is 0.511 e. The molecule has 1 aliphatic heterocycles. The van der Waals surface area contributed by atoms with Crippen molar-refractivity contribution in [3.8, 4) is 11.5 Å². The molecule has 1 heterocycles. The molecule has 0 radical (unpaired) electrons. The number of anilines is 1. The predicted octanol–water partition coefficient (Wildman–Crippen LogP) is 4.78. The fourth-order valence-electron chi connectivity index (χ4n) is 4.34.